The summed E-state index contributed by atoms with van der Waals surface area (Å²) in [6.45, 7) is 0.555. The van der Waals surface area contributed by atoms with Gasteiger partial charge >= 0.3 is 6.03 Å². The summed E-state index contributed by atoms with van der Waals surface area (Å²) < 4.78 is 6.07. The first-order chi connectivity index (χ1) is 7.25. The highest BCUT2D eigenvalue weighted by molar-refractivity contribution is 9.10. The Bertz CT molecular complexity index is 521. The second-order valence-electron chi connectivity index (χ2n) is 3.09. The normalized spacial score (nSPS) is 14.7. The van der Waals surface area contributed by atoms with Gasteiger partial charge in [-0.25, -0.2) is 4.79 Å². The summed E-state index contributed by atoms with van der Waals surface area (Å²) in [6, 6.07) is 3.54. The molecule has 0 N–H and O–H groups in total. The van der Waals surface area contributed by atoms with Gasteiger partial charge in [-0.15, -0.1) is 0 Å². The summed E-state index contributed by atoms with van der Waals surface area (Å²) >= 11 is 4.55. The summed E-state index contributed by atoms with van der Waals surface area (Å²) in [7, 11) is 0. The van der Waals surface area contributed by atoms with Crippen LogP contribution in [0.1, 0.15) is 5.69 Å². The second kappa shape index (κ2) is 3.14. The number of carbonyl (C=O) groups is 1. The third-order valence-corrected chi connectivity index (χ3v) is 3.33. The number of carbonyl (C=O) groups excluding carboxylic acids is 1. The van der Waals surface area contributed by atoms with Gasteiger partial charge in [0.15, 0.2) is 0 Å². The molecular weight excluding hydrogens is 280 g/mol. The predicted octanol–water partition coefficient (Wildman–Crippen LogP) is 2.09. The van der Waals surface area contributed by atoms with Gasteiger partial charge in [0.1, 0.15) is 9.60 Å². The van der Waals surface area contributed by atoms with Gasteiger partial charge in [-0.2, -0.15) is 14.2 Å². The molecule has 0 aliphatic carbocycles. The van der Waals surface area contributed by atoms with Crippen molar-refractivity contribution in [2.45, 2.75) is 6.54 Å². The van der Waals surface area contributed by atoms with E-state index in [1.54, 1.807) is 11.1 Å². The van der Waals surface area contributed by atoms with Crippen LogP contribution in [0.2, 0.25) is 0 Å². The first-order valence-corrected chi connectivity index (χ1v) is 5.79. The number of anilines is 1. The number of nitrogens with zero attached hydrogens (tertiary/aromatic N) is 4. The number of amides is 1. The topological polar surface area (TPSA) is 51.0 Å². The van der Waals surface area contributed by atoms with Crippen LogP contribution < -0.4 is 4.90 Å². The fraction of sp³-hybridized carbons (Fsp3) is 0.125. The summed E-state index contributed by atoms with van der Waals surface area (Å²) in [4.78, 5) is 13.6. The number of hydrogen-bond acceptors (Lipinski definition) is 4. The third-order valence-electron chi connectivity index (χ3n) is 2.18. The van der Waals surface area contributed by atoms with Gasteiger partial charge in [0, 0.05) is 6.20 Å². The van der Waals surface area contributed by atoms with Crippen molar-refractivity contribution < 1.29 is 4.79 Å². The molecule has 1 aliphatic heterocycles. The van der Waals surface area contributed by atoms with Crippen molar-refractivity contribution >= 4 is 38.5 Å². The van der Waals surface area contributed by atoms with Crippen molar-refractivity contribution in [2.24, 2.45) is 0 Å². The lowest BCUT2D eigenvalue weighted by Gasteiger charge is -2.10. The highest BCUT2D eigenvalue weighted by atomic mass is 79.9. The third kappa shape index (κ3) is 1.30. The highest BCUT2D eigenvalue weighted by Crippen LogP contribution is 2.27. The van der Waals surface area contributed by atoms with E-state index in [0.29, 0.717) is 11.1 Å². The van der Waals surface area contributed by atoms with Gasteiger partial charge < -0.3 is 0 Å². The Morgan fingerprint density at radius 1 is 1.53 bits per heavy atom. The molecule has 0 aromatic carbocycles. The van der Waals surface area contributed by atoms with Crippen LogP contribution in [-0.2, 0) is 6.54 Å². The molecule has 15 heavy (non-hydrogen) atoms. The van der Waals surface area contributed by atoms with E-state index in [9.17, 15) is 4.79 Å². The first-order valence-electron chi connectivity index (χ1n) is 4.23. The van der Waals surface area contributed by atoms with Crippen molar-refractivity contribution in [2.75, 3.05) is 4.90 Å². The van der Waals surface area contributed by atoms with Gasteiger partial charge in [0.05, 0.1) is 12.2 Å². The molecule has 0 unspecified atom stereocenters. The van der Waals surface area contributed by atoms with Crippen molar-refractivity contribution in [1.29, 1.82) is 0 Å². The average molecular weight is 285 g/mol. The summed E-state index contributed by atoms with van der Waals surface area (Å²) in [5, 5.41) is 4.91. The first kappa shape index (κ1) is 9.05. The largest absolute Gasteiger partial charge is 0.350 e. The van der Waals surface area contributed by atoms with E-state index in [1.165, 1.54) is 16.2 Å². The molecular formula is C8H5BrN4OS. The lowest BCUT2D eigenvalue weighted by molar-refractivity contribution is 0.248. The minimum Gasteiger partial charge on any atom is -0.276 e. The fourth-order valence-electron chi connectivity index (χ4n) is 1.53. The number of rotatable bonds is 1. The maximum absolute atomic E-state index is 11.9. The van der Waals surface area contributed by atoms with Crippen LogP contribution in [0.25, 0.3) is 0 Å². The Kier molecular flexibility index (Phi) is 1.89. The Morgan fingerprint density at radius 2 is 2.40 bits per heavy atom. The van der Waals surface area contributed by atoms with Crippen LogP contribution in [0.3, 0.4) is 0 Å². The molecule has 0 bridgehead atoms. The molecule has 0 atom stereocenters. The molecule has 0 saturated carbocycles. The van der Waals surface area contributed by atoms with E-state index in [1.807, 2.05) is 12.1 Å². The monoisotopic (exact) mass is 284 g/mol. The van der Waals surface area contributed by atoms with Crippen LogP contribution in [0.5, 0.6) is 0 Å². The van der Waals surface area contributed by atoms with Crippen molar-refractivity contribution in [1.82, 2.24) is 14.2 Å². The zero-order valence-electron chi connectivity index (χ0n) is 7.42. The maximum atomic E-state index is 11.9. The zero-order chi connectivity index (χ0) is 10.4. The summed E-state index contributed by atoms with van der Waals surface area (Å²) in [5.41, 5.74) is 0.889. The Balaban J connectivity index is 2.01. The van der Waals surface area contributed by atoms with Crippen molar-refractivity contribution in [3.8, 4) is 0 Å². The van der Waals surface area contributed by atoms with Gasteiger partial charge in [0.25, 0.3) is 0 Å². The minimum atomic E-state index is -0.125. The SMILES string of the molecule is O=C1N(c2ccns2)Cc2cc(Br)nn21. The average Bonchev–Trinajstić information content (AvgIpc) is 2.84. The lowest BCUT2D eigenvalue weighted by Crippen LogP contribution is -2.25. The molecule has 0 fully saturated rings. The molecule has 2 aromatic heterocycles. The van der Waals surface area contributed by atoms with Crippen LogP contribution in [-0.4, -0.2) is 20.2 Å². The molecule has 0 radical (unpaired) electrons. The molecule has 76 valence electrons. The van der Waals surface area contributed by atoms with Gasteiger partial charge in [-0.3, -0.25) is 4.90 Å². The quantitative estimate of drug-likeness (QED) is 0.806. The Morgan fingerprint density at radius 3 is 3.07 bits per heavy atom. The van der Waals surface area contributed by atoms with E-state index in [2.05, 4.69) is 25.4 Å². The Labute approximate surface area is 97.6 Å². The van der Waals surface area contributed by atoms with E-state index in [0.717, 1.165) is 10.7 Å². The molecule has 5 nitrogen and oxygen atoms in total. The molecule has 3 rings (SSSR count). The van der Waals surface area contributed by atoms with E-state index >= 15 is 0 Å². The van der Waals surface area contributed by atoms with E-state index in [4.69, 9.17) is 0 Å². The number of fused-ring (bicyclic) bond motifs is 1. The molecule has 0 spiro atoms. The minimum absolute atomic E-state index is 0.125. The van der Waals surface area contributed by atoms with E-state index < -0.39 is 0 Å². The number of hydrogen-bond donors (Lipinski definition) is 0. The van der Waals surface area contributed by atoms with Gasteiger partial charge in [-0.05, 0) is 39.6 Å². The van der Waals surface area contributed by atoms with Gasteiger partial charge in [-0.1, -0.05) is 0 Å². The number of halogens is 1. The maximum Gasteiger partial charge on any atom is 0.350 e. The lowest BCUT2D eigenvalue weighted by atomic mass is 10.4. The zero-order valence-corrected chi connectivity index (χ0v) is 9.82. The van der Waals surface area contributed by atoms with Crippen molar-refractivity contribution in [3.63, 3.8) is 0 Å². The summed E-state index contributed by atoms with van der Waals surface area (Å²) in [6.07, 6.45) is 1.68. The van der Waals surface area contributed by atoms with Gasteiger partial charge in [0.2, 0.25) is 0 Å². The van der Waals surface area contributed by atoms with Crippen molar-refractivity contribution in [3.05, 3.63) is 28.6 Å². The molecule has 3 heterocycles. The molecule has 2 aromatic rings. The molecule has 1 amide bonds. The van der Waals surface area contributed by atoms with E-state index in [-0.39, 0.29) is 6.03 Å². The molecule has 7 heteroatoms. The fourth-order valence-corrected chi connectivity index (χ4v) is 2.55. The standard InChI is InChI=1S/C8H5BrN4OS/c9-6-3-5-4-12(7-1-2-10-15-7)8(14)13(5)11-6/h1-3H,4H2. The second-order valence-corrected chi connectivity index (χ2v) is 4.71. The van der Waals surface area contributed by atoms with Crippen LogP contribution in [0.4, 0.5) is 9.80 Å². The molecule has 1 aliphatic rings. The number of aromatic nitrogens is 3. The van der Waals surface area contributed by atoms with Crippen LogP contribution in [0.15, 0.2) is 22.9 Å². The van der Waals surface area contributed by atoms with Crippen LogP contribution >= 0.6 is 27.5 Å². The predicted molar refractivity (Wildman–Crippen MR) is 59.0 cm³/mol. The molecule has 0 saturated heterocycles. The highest BCUT2D eigenvalue weighted by Gasteiger charge is 2.30. The van der Waals surface area contributed by atoms with Crippen LogP contribution in [0, 0.1) is 0 Å². The summed E-state index contributed by atoms with van der Waals surface area (Å²) in [5.74, 6) is 0. The Hall–Kier alpha value is -1.21. The smallest absolute Gasteiger partial charge is 0.276 e.